The Labute approximate surface area is 184 Å². The van der Waals surface area contributed by atoms with Gasteiger partial charge in [-0.15, -0.1) is 0 Å². The van der Waals surface area contributed by atoms with Crippen molar-refractivity contribution in [3.8, 4) is 0 Å². The average Bonchev–Trinajstić information content (AvgIpc) is 3.05. The summed E-state index contributed by atoms with van der Waals surface area (Å²) in [5.41, 5.74) is -0.262. The van der Waals surface area contributed by atoms with Crippen molar-refractivity contribution >= 4 is 51.9 Å². The molecule has 4 rings (SSSR count). The fourth-order valence-electron chi connectivity index (χ4n) is 3.34. The first-order valence-corrected chi connectivity index (χ1v) is 9.80. The van der Waals surface area contributed by atoms with Crippen LogP contribution >= 0.6 is 23.2 Å². The van der Waals surface area contributed by atoms with Crippen LogP contribution in [0.25, 0.3) is 23.1 Å². The number of benzene rings is 2. The van der Waals surface area contributed by atoms with Gasteiger partial charge < -0.3 is 9.55 Å². The van der Waals surface area contributed by atoms with E-state index in [0.29, 0.717) is 16.6 Å². The highest BCUT2D eigenvalue weighted by atomic mass is 35.5. The molecule has 2 aromatic carbocycles. The highest BCUT2D eigenvalue weighted by Crippen LogP contribution is 2.27. The number of H-pyrrole nitrogens is 2. The summed E-state index contributed by atoms with van der Waals surface area (Å²) in [6, 6.07) is 12.9. The molecule has 8 nitrogen and oxygen atoms in total. The fraction of sp³-hybridized carbons (Fsp3) is 0.0476. The topological polar surface area (TPSA) is 114 Å². The van der Waals surface area contributed by atoms with Gasteiger partial charge in [0.25, 0.3) is 0 Å². The molecule has 2 aromatic heterocycles. The fourth-order valence-corrected chi connectivity index (χ4v) is 3.81. The van der Waals surface area contributed by atoms with Crippen molar-refractivity contribution in [3.05, 3.63) is 106 Å². The quantitative estimate of drug-likeness (QED) is 0.340. The van der Waals surface area contributed by atoms with Crippen molar-refractivity contribution in [2.75, 3.05) is 0 Å². The Kier molecular flexibility index (Phi) is 5.50. The van der Waals surface area contributed by atoms with Gasteiger partial charge in [0.1, 0.15) is 5.69 Å². The molecule has 156 valence electrons. The predicted molar refractivity (Wildman–Crippen MR) is 121 cm³/mol. The summed E-state index contributed by atoms with van der Waals surface area (Å²) >= 11 is 12.3. The Morgan fingerprint density at radius 1 is 1.06 bits per heavy atom. The van der Waals surface area contributed by atoms with E-state index in [9.17, 15) is 19.7 Å². The molecule has 0 radical (unpaired) electrons. The second-order valence-corrected chi connectivity index (χ2v) is 7.57. The minimum absolute atomic E-state index is 0.184. The van der Waals surface area contributed by atoms with Crippen molar-refractivity contribution in [3.63, 3.8) is 0 Å². The maximum absolute atomic E-state index is 11.8. The number of aromatic amines is 2. The van der Waals surface area contributed by atoms with Crippen molar-refractivity contribution in [1.29, 1.82) is 0 Å². The van der Waals surface area contributed by atoms with Crippen LogP contribution in [0.2, 0.25) is 10.0 Å². The number of fused-ring (bicyclic) bond motifs is 1. The molecule has 2 heterocycles. The van der Waals surface area contributed by atoms with Crippen LogP contribution in [0.3, 0.4) is 0 Å². The lowest BCUT2D eigenvalue weighted by molar-refractivity contribution is -0.386. The van der Waals surface area contributed by atoms with Crippen LogP contribution in [0.4, 0.5) is 5.69 Å². The third kappa shape index (κ3) is 4.16. The molecule has 0 aliphatic rings. The van der Waals surface area contributed by atoms with Gasteiger partial charge >= 0.3 is 16.9 Å². The van der Waals surface area contributed by atoms with E-state index in [0.717, 1.165) is 22.0 Å². The highest BCUT2D eigenvalue weighted by molar-refractivity contribution is 6.35. The van der Waals surface area contributed by atoms with Crippen LogP contribution in [-0.4, -0.2) is 19.5 Å². The van der Waals surface area contributed by atoms with Gasteiger partial charge in [0, 0.05) is 39.3 Å². The molecular weight excluding hydrogens is 443 g/mol. The van der Waals surface area contributed by atoms with Crippen LogP contribution in [0.15, 0.2) is 58.3 Å². The summed E-state index contributed by atoms with van der Waals surface area (Å²) < 4.78 is 1.99. The van der Waals surface area contributed by atoms with E-state index < -0.39 is 21.9 Å². The van der Waals surface area contributed by atoms with Crippen molar-refractivity contribution in [2.24, 2.45) is 0 Å². The van der Waals surface area contributed by atoms with Gasteiger partial charge in [0.15, 0.2) is 0 Å². The standard InChI is InChI=1S/C21H14Cl2N4O4/c22-14-7-5-13(16(23)9-14)11-26-10-12(15-3-1-2-4-18(15)26)6-8-17-19(27(30)31)20(28)25-21(29)24-17/h1-10H,11H2,(H2,24,25,28,29)/b8-6+. The van der Waals surface area contributed by atoms with E-state index >= 15 is 0 Å². The molecule has 0 atom stereocenters. The zero-order valence-corrected chi connectivity index (χ0v) is 17.3. The van der Waals surface area contributed by atoms with Gasteiger partial charge in [-0.05, 0) is 29.8 Å². The van der Waals surface area contributed by atoms with Crippen LogP contribution in [0.5, 0.6) is 0 Å². The van der Waals surface area contributed by atoms with Crippen LogP contribution in [0, 0.1) is 10.1 Å². The van der Waals surface area contributed by atoms with E-state index in [1.165, 1.54) is 6.08 Å². The molecule has 31 heavy (non-hydrogen) atoms. The SMILES string of the molecule is O=c1[nH]c(/C=C/c2cn(Cc3ccc(Cl)cc3Cl)c3ccccc23)c([N+](=O)[O-])c(=O)[nH]1. The molecule has 0 amide bonds. The molecule has 0 bridgehead atoms. The first-order valence-electron chi connectivity index (χ1n) is 9.04. The number of para-hydroxylation sites is 1. The number of halogens is 2. The van der Waals surface area contributed by atoms with E-state index in [1.54, 1.807) is 18.2 Å². The summed E-state index contributed by atoms with van der Waals surface area (Å²) in [7, 11) is 0. The minimum atomic E-state index is -1.06. The summed E-state index contributed by atoms with van der Waals surface area (Å²) in [6.45, 7) is 0.479. The lowest BCUT2D eigenvalue weighted by Gasteiger charge is -2.08. The van der Waals surface area contributed by atoms with Gasteiger partial charge in [0.2, 0.25) is 0 Å². The Balaban J connectivity index is 1.79. The molecule has 0 unspecified atom stereocenters. The molecule has 0 saturated carbocycles. The zero-order chi connectivity index (χ0) is 22.1. The second-order valence-electron chi connectivity index (χ2n) is 6.73. The van der Waals surface area contributed by atoms with Crippen LogP contribution < -0.4 is 11.2 Å². The number of aromatic nitrogens is 3. The summed E-state index contributed by atoms with van der Waals surface area (Å²) in [6.07, 6.45) is 4.82. The summed E-state index contributed by atoms with van der Waals surface area (Å²) in [5, 5.41) is 13.2. The Morgan fingerprint density at radius 3 is 2.58 bits per heavy atom. The third-order valence-electron chi connectivity index (χ3n) is 4.73. The number of nitrogens with one attached hydrogen (secondary N) is 2. The second kappa shape index (κ2) is 8.25. The van der Waals surface area contributed by atoms with Gasteiger partial charge in [-0.3, -0.25) is 19.9 Å². The largest absolute Gasteiger partial charge is 0.357 e. The minimum Gasteiger partial charge on any atom is -0.342 e. The van der Waals surface area contributed by atoms with Crippen molar-refractivity contribution in [2.45, 2.75) is 6.54 Å². The first kappa shape index (κ1) is 20.6. The number of rotatable bonds is 5. The molecule has 10 heteroatoms. The lowest BCUT2D eigenvalue weighted by Crippen LogP contribution is -2.25. The average molecular weight is 457 g/mol. The monoisotopic (exact) mass is 456 g/mol. The smallest absolute Gasteiger partial charge is 0.342 e. The molecule has 0 spiro atoms. The Bertz CT molecular complexity index is 1470. The van der Waals surface area contributed by atoms with E-state index in [1.807, 2.05) is 46.1 Å². The van der Waals surface area contributed by atoms with Gasteiger partial charge in [-0.25, -0.2) is 4.79 Å². The van der Waals surface area contributed by atoms with E-state index in [4.69, 9.17) is 23.2 Å². The number of nitro groups is 1. The molecule has 4 aromatic rings. The molecule has 0 aliphatic heterocycles. The molecule has 2 N–H and O–H groups in total. The summed E-state index contributed by atoms with van der Waals surface area (Å²) in [4.78, 5) is 38.0. The molecule has 0 aliphatic carbocycles. The number of hydrogen-bond acceptors (Lipinski definition) is 4. The molecular formula is C21H14Cl2N4O4. The molecule has 0 fully saturated rings. The maximum atomic E-state index is 11.8. The van der Waals surface area contributed by atoms with Crippen molar-refractivity contribution in [1.82, 2.24) is 14.5 Å². The Morgan fingerprint density at radius 2 is 1.84 bits per heavy atom. The number of nitrogens with zero attached hydrogens (tertiary/aromatic N) is 2. The maximum Gasteiger partial charge on any atom is 0.357 e. The van der Waals surface area contributed by atoms with E-state index in [2.05, 4.69) is 4.98 Å². The highest BCUT2D eigenvalue weighted by Gasteiger charge is 2.19. The zero-order valence-electron chi connectivity index (χ0n) is 15.8. The predicted octanol–water partition coefficient (Wildman–Crippen LogP) is 4.45. The lowest BCUT2D eigenvalue weighted by atomic mass is 10.1. The van der Waals surface area contributed by atoms with Crippen molar-refractivity contribution < 1.29 is 4.92 Å². The number of hydrogen-bond donors (Lipinski definition) is 2. The molecule has 0 saturated heterocycles. The first-order chi connectivity index (χ1) is 14.8. The van der Waals surface area contributed by atoms with E-state index in [-0.39, 0.29) is 5.69 Å². The van der Waals surface area contributed by atoms with Gasteiger partial charge in [-0.1, -0.05) is 53.5 Å². The van der Waals surface area contributed by atoms with Crippen LogP contribution in [0.1, 0.15) is 16.8 Å². The van der Waals surface area contributed by atoms with Crippen LogP contribution in [-0.2, 0) is 6.54 Å². The van der Waals surface area contributed by atoms with Gasteiger partial charge in [-0.2, -0.15) is 0 Å². The summed E-state index contributed by atoms with van der Waals surface area (Å²) in [5.74, 6) is 0. The third-order valence-corrected chi connectivity index (χ3v) is 5.32. The normalized spacial score (nSPS) is 11.4. The van der Waals surface area contributed by atoms with Gasteiger partial charge in [0.05, 0.1) is 4.92 Å². The Hall–Kier alpha value is -3.62.